The first-order valence-electron chi connectivity index (χ1n) is 11.8. The normalized spacial score (nSPS) is 15.5. The highest BCUT2D eigenvalue weighted by atomic mass is 32.1. The zero-order chi connectivity index (χ0) is 25.2. The van der Waals surface area contributed by atoms with Crippen LogP contribution in [-0.4, -0.2) is 46.8 Å². The highest BCUT2D eigenvalue weighted by molar-refractivity contribution is 7.10. The molecule has 0 bridgehead atoms. The third kappa shape index (κ3) is 5.73. The molecule has 1 unspecified atom stereocenters. The first-order valence-corrected chi connectivity index (χ1v) is 12.6. The Bertz CT molecular complexity index is 1180. The van der Waals surface area contributed by atoms with Gasteiger partial charge in [-0.15, -0.1) is 11.3 Å². The number of thiophene rings is 1. The molecule has 2 heterocycles. The minimum absolute atomic E-state index is 0.0251. The summed E-state index contributed by atoms with van der Waals surface area (Å²) in [6.07, 6.45) is 0.771. The molecule has 3 aromatic rings. The maximum Gasteiger partial charge on any atom is 0.254 e. The lowest BCUT2D eigenvalue weighted by atomic mass is 9.99. The van der Waals surface area contributed by atoms with E-state index in [1.54, 1.807) is 40.5 Å². The van der Waals surface area contributed by atoms with E-state index in [-0.39, 0.29) is 36.8 Å². The van der Waals surface area contributed by atoms with Crippen LogP contribution >= 0.6 is 11.3 Å². The van der Waals surface area contributed by atoms with Crippen molar-refractivity contribution >= 4 is 23.2 Å². The third-order valence-corrected chi connectivity index (χ3v) is 7.28. The standard InChI is InChI=1S/C28H31FN2O3S/c1-19-5-7-20(8-6-19)27(33)31(28(2,3)4)17-26(32)30-15-13-25-23(14-16-35-25)24(30)18-34-22-11-9-21(29)10-12-22/h5-12,14,16,24H,13,15,17-18H2,1-4H3. The summed E-state index contributed by atoms with van der Waals surface area (Å²) in [5.41, 5.74) is 2.17. The Labute approximate surface area is 210 Å². The first kappa shape index (κ1) is 24.9. The van der Waals surface area contributed by atoms with Gasteiger partial charge in [0.1, 0.15) is 24.7 Å². The number of hydrogen-bond donors (Lipinski definition) is 0. The molecule has 0 saturated heterocycles. The Kier molecular flexibility index (Phi) is 7.26. The van der Waals surface area contributed by atoms with Gasteiger partial charge in [-0.2, -0.15) is 0 Å². The number of ether oxygens (including phenoxy) is 1. The third-order valence-electron chi connectivity index (χ3n) is 6.28. The van der Waals surface area contributed by atoms with Crippen molar-refractivity contribution in [2.24, 2.45) is 0 Å². The smallest absolute Gasteiger partial charge is 0.254 e. The van der Waals surface area contributed by atoms with Crippen LogP contribution in [0.5, 0.6) is 5.75 Å². The van der Waals surface area contributed by atoms with E-state index >= 15 is 0 Å². The summed E-state index contributed by atoms with van der Waals surface area (Å²) >= 11 is 1.68. The van der Waals surface area contributed by atoms with Crippen LogP contribution in [-0.2, 0) is 11.2 Å². The molecule has 0 fully saturated rings. The van der Waals surface area contributed by atoms with E-state index in [4.69, 9.17) is 4.74 Å². The van der Waals surface area contributed by atoms with Crippen LogP contribution in [0.4, 0.5) is 4.39 Å². The number of rotatable bonds is 6. The Morgan fingerprint density at radius 1 is 1.09 bits per heavy atom. The molecule has 184 valence electrons. The van der Waals surface area contributed by atoms with Crippen LogP contribution in [0.15, 0.2) is 60.0 Å². The second kappa shape index (κ2) is 10.2. The second-order valence-electron chi connectivity index (χ2n) is 9.85. The number of aryl methyl sites for hydroxylation is 1. The molecule has 1 atom stereocenters. The quantitative estimate of drug-likeness (QED) is 0.446. The lowest BCUT2D eigenvalue weighted by Gasteiger charge is -2.40. The summed E-state index contributed by atoms with van der Waals surface area (Å²) in [4.78, 5) is 31.8. The van der Waals surface area contributed by atoms with E-state index in [2.05, 4.69) is 0 Å². The van der Waals surface area contributed by atoms with Crippen molar-refractivity contribution in [3.63, 3.8) is 0 Å². The molecule has 0 radical (unpaired) electrons. The molecule has 1 aliphatic heterocycles. The Balaban J connectivity index is 1.55. The van der Waals surface area contributed by atoms with Crippen molar-refractivity contribution in [3.8, 4) is 5.75 Å². The van der Waals surface area contributed by atoms with Crippen molar-refractivity contribution in [2.75, 3.05) is 19.7 Å². The van der Waals surface area contributed by atoms with Crippen molar-refractivity contribution in [2.45, 2.75) is 45.7 Å². The molecule has 7 heteroatoms. The monoisotopic (exact) mass is 494 g/mol. The summed E-state index contributed by atoms with van der Waals surface area (Å²) in [6.45, 7) is 8.58. The van der Waals surface area contributed by atoms with Gasteiger partial charge in [0, 0.05) is 22.5 Å². The topological polar surface area (TPSA) is 49.9 Å². The number of carbonyl (C=O) groups excluding carboxylic acids is 2. The molecule has 0 spiro atoms. The fraction of sp³-hybridized carbons (Fsp3) is 0.357. The predicted molar refractivity (Wildman–Crippen MR) is 136 cm³/mol. The molecule has 2 aromatic carbocycles. The van der Waals surface area contributed by atoms with Gasteiger partial charge in [-0.1, -0.05) is 17.7 Å². The second-order valence-corrected chi connectivity index (χ2v) is 10.8. The maximum absolute atomic E-state index is 13.7. The molecule has 1 aromatic heterocycles. The zero-order valence-corrected chi connectivity index (χ0v) is 21.4. The van der Waals surface area contributed by atoms with Crippen molar-refractivity contribution < 1.29 is 18.7 Å². The molecule has 0 N–H and O–H groups in total. The Morgan fingerprint density at radius 3 is 2.43 bits per heavy atom. The highest BCUT2D eigenvalue weighted by Crippen LogP contribution is 2.34. The summed E-state index contributed by atoms with van der Waals surface area (Å²) in [6, 6.07) is 15.1. The summed E-state index contributed by atoms with van der Waals surface area (Å²) in [7, 11) is 0. The summed E-state index contributed by atoms with van der Waals surface area (Å²) < 4.78 is 19.3. The van der Waals surface area contributed by atoms with Crippen molar-refractivity contribution in [3.05, 3.63) is 87.4 Å². The van der Waals surface area contributed by atoms with Gasteiger partial charge in [-0.25, -0.2) is 4.39 Å². The largest absolute Gasteiger partial charge is 0.491 e. The highest BCUT2D eigenvalue weighted by Gasteiger charge is 2.36. The molecule has 0 aliphatic carbocycles. The average molecular weight is 495 g/mol. The number of fused-ring (bicyclic) bond motifs is 1. The predicted octanol–water partition coefficient (Wildman–Crippen LogP) is 5.64. The summed E-state index contributed by atoms with van der Waals surface area (Å²) in [5.74, 6) is -0.0670. The van der Waals surface area contributed by atoms with Gasteiger partial charge in [-0.3, -0.25) is 9.59 Å². The van der Waals surface area contributed by atoms with Gasteiger partial charge in [0.15, 0.2) is 0 Å². The number of amides is 2. The van der Waals surface area contributed by atoms with Crippen LogP contribution < -0.4 is 4.74 Å². The van der Waals surface area contributed by atoms with Crippen LogP contribution in [0.1, 0.15) is 53.2 Å². The molecular formula is C28H31FN2O3S. The van der Waals surface area contributed by atoms with E-state index in [1.165, 1.54) is 17.0 Å². The Hall–Kier alpha value is -3.19. The van der Waals surface area contributed by atoms with Gasteiger partial charge in [-0.05, 0) is 87.5 Å². The number of carbonyl (C=O) groups is 2. The van der Waals surface area contributed by atoms with Gasteiger partial charge in [0.2, 0.25) is 5.91 Å². The molecule has 5 nitrogen and oxygen atoms in total. The number of hydrogen-bond acceptors (Lipinski definition) is 4. The molecule has 35 heavy (non-hydrogen) atoms. The van der Waals surface area contributed by atoms with Crippen LogP contribution in [0.2, 0.25) is 0 Å². The number of halogens is 1. The van der Waals surface area contributed by atoms with E-state index in [9.17, 15) is 14.0 Å². The fourth-order valence-electron chi connectivity index (χ4n) is 4.27. The molecule has 4 rings (SSSR count). The van der Waals surface area contributed by atoms with Crippen molar-refractivity contribution in [1.29, 1.82) is 0 Å². The number of nitrogens with zero attached hydrogens (tertiary/aromatic N) is 2. The molecule has 0 saturated carbocycles. The van der Waals surface area contributed by atoms with Crippen molar-refractivity contribution in [1.82, 2.24) is 9.80 Å². The first-order chi connectivity index (χ1) is 16.6. The molecule has 1 aliphatic rings. The molecular weight excluding hydrogens is 463 g/mol. The van der Waals surface area contributed by atoms with E-state index in [0.29, 0.717) is 17.9 Å². The van der Waals surface area contributed by atoms with Gasteiger partial charge < -0.3 is 14.5 Å². The van der Waals surface area contributed by atoms with Gasteiger partial charge in [0.25, 0.3) is 5.91 Å². The van der Waals surface area contributed by atoms with Crippen LogP contribution in [0, 0.1) is 12.7 Å². The fourth-order valence-corrected chi connectivity index (χ4v) is 5.20. The van der Waals surface area contributed by atoms with Crippen LogP contribution in [0.25, 0.3) is 0 Å². The zero-order valence-electron chi connectivity index (χ0n) is 20.6. The Morgan fingerprint density at radius 2 is 1.77 bits per heavy atom. The minimum Gasteiger partial charge on any atom is -0.491 e. The molecule has 2 amide bonds. The SMILES string of the molecule is Cc1ccc(C(=O)N(CC(=O)N2CCc3sccc3C2COc2ccc(F)cc2)C(C)(C)C)cc1. The minimum atomic E-state index is -0.541. The van der Waals surface area contributed by atoms with Gasteiger partial charge in [0.05, 0.1) is 6.04 Å². The maximum atomic E-state index is 13.7. The van der Waals surface area contributed by atoms with E-state index < -0.39 is 5.54 Å². The van der Waals surface area contributed by atoms with Gasteiger partial charge >= 0.3 is 0 Å². The van der Waals surface area contributed by atoms with E-state index in [1.807, 2.05) is 56.2 Å². The lowest BCUT2D eigenvalue weighted by Crippen LogP contribution is -2.53. The average Bonchev–Trinajstić information content (AvgIpc) is 3.30. The lowest BCUT2D eigenvalue weighted by molar-refractivity contribution is -0.136. The number of benzene rings is 2. The van der Waals surface area contributed by atoms with Crippen LogP contribution in [0.3, 0.4) is 0 Å². The van der Waals surface area contributed by atoms with E-state index in [0.717, 1.165) is 17.5 Å². The summed E-state index contributed by atoms with van der Waals surface area (Å²) in [5, 5.41) is 2.03.